The molecule has 9 nitrogen and oxygen atoms in total. The molecule has 0 saturated heterocycles. The predicted molar refractivity (Wildman–Crippen MR) is 159 cm³/mol. The predicted octanol–water partition coefficient (Wildman–Crippen LogP) is 5.67. The summed E-state index contributed by atoms with van der Waals surface area (Å²) in [6.45, 7) is 3.31. The Bertz CT molecular complexity index is 1790. The van der Waals surface area contributed by atoms with Gasteiger partial charge in [0.15, 0.2) is 0 Å². The van der Waals surface area contributed by atoms with Crippen LogP contribution in [0, 0.1) is 6.92 Å². The van der Waals surface area contributed by atoms with Gasteiger partial charge in [-0.3, -0.25) is 14.2 Å². The molecule has 0 fully saturated rings. The summed E-state index contributed by atoms with van der Waals surface area (Å²) in [5.41, 5.74) is 2.55. The molecule has 0 spiro atoms. The molecule has 0 aliphatic rings. The zero-order chi connectivity index (χ0) is 28.9. The molecular weight excluding hydrogens is 562 g/mol. The van der Waals surface area contributed by atoms with Crippen molar-refractivity contribution in [3.63, 3.8) is 0 Å². The summed E-state index contributed by atoms with van der Waals surface area (Å²) in [6, 6.07) is 18.6. The third kappa shape index (κ3) is 5.96. The van der Waals surface area contributed by atoms with E-state index in [0.717, 1.165) is 22.5 Å². The molecule has 0 bridgehead atoms. The van der Waals surface area contributed by atoms with Gasteiger partial charge in [0.1, 0.15) is 33.4 Å². The van der Waals surface area contributed by atoms with E-state index in [1.54, 1.807) is 19.2 Å². The number of amides is 1. The Balaban J connectivity index is 1.36. The lowest BCUT2D eigenvalue weighted by atomic mass is 10.0. The average Bonchev–Trinajstić information content (AvgIpc) is 3.55. The van der Waals surface area contributed by atoms with Crippen LogP contribution in [0.15, 0.2) is 77.2 Å². The van der Waals surface area contributed by atoms with E-state index in [4.69, 9.17) is 9.47 Å². The maximum atomic E-state index is 13.3. The van der Waals surface area contributed by atoms with Crippen molar-refractivity contribution in [1.82, 2.24) is 9.55 Å². The van der Waals surface area contributed by atoms with E-state index >= 15 is 0 Å². The lowest BCUT2D eigenvalue weighted by Crippen LogP contribution is -2.28. The van der Waals surface area contributed by atoms with Crippen molar-refractivity contribution >= 4 is 55.7 Å². The van der Waals surface area contributed by atoms with Gasteiger partial charge in [-0.15, -0.1) is 22.7 Å². The number of ether oxygens (including phenoxy) is 2. The summed E-state index contributed by atoms with van der Waals surface area (Å²) in [7, 11) is 0. The first-order valence-corrected chi connectivity index (χ1v) is 14.4. The Morgan fingerprint density at radius 3 is 2.39 bits per heavy atom. The number of rotatable bonds is 9. The highest BCUT2D eigenvalue weighted by Crippen LogP contribution is 2.36. The van der Waals surface area contributed by atoms with Crippen molar-refractivity contribution in [3.05, 3.63) is 104 Å². The van der Waals surface area contributed by atoms with Crippen molar-refractivity contribution in [1.29, 1.82) is 0 Å². The number of aromatic nitrogens is 2. The molecule has 0 saturated carbocycles. The number of nitrogens with zero attached hydrogens (tertiary/aromatic N) is 2. The fourth-order valence-corrected chi connectivity index (χ4v) is 6.27. The smallest absolute Gasteiger partial charge is 0.349 e. The van der Waals surface area contributed by atoms with E-state index in [-0.39, 0.29) is 35.6 Å². The van der Waals surface area contributed by atoms with Gasteiger partial charge in [0.2, 0.25) is 5.91 Å². The number of fused-ring (bicyclic) bond motifs is 1. The molecular formula is C30H25N3O6S2. The van der Waals surface area contributed by atoms with Gasteiger partial charge in [-0.25, -0.2) is 14.6 Å². The molecule has 3 aromatic heterocycles. The Morgan fingerprint density at radius 1 is 0.976 bits per heavy atom. The topological polar surface area (TPSA) is 117 Å². The first-order valence-electron chi connectivity index (χ1n) is 12.7. The number of anilines is 1. The summed E-state index contributed by atoms with van der Waals surface area (Å²) in [4.78, 5) is 57.0. The summed E-state index contributed by atoms with van der Waals surface area (Å²) in [6.07, 6.45) is 1.27. The van der Waals surface area contributed by atoms with E-state index in [1.807, 2.05) is 60.7 Å². The molecule has 41 heavy (non-hydrogen) atoms. The lowest BCUT2D eigenvalue weighted by Gasteiger charge is -2.10. The zero-order valence-corrected chi connectivity index (χ0v) is 23.8. The van der Waals surface area contributed by atoms with Gasteiger partial charge in [-0.05, 0) is 30.5 Å². The minimum atomic E-state index is -0.552. The van der Waals surface area contributed by atoms with E-state index in [9.17, 15) is 19.2 Å². The highest BCUT2D eigenvalue weighted by molar-refractivity contribution is 7.20. The molecule has 11 heteroatoms. The Kier molecular flexibility index (Phi) is 8.37. The minimum absolute atomic E-state index is 0.105. The van der Waals surface area contributed by atoms with Crippen LogP contribution in [-0.4, -0.2) is 34.0 Å². The van der Waals surface area contributed by atoms with Crippen molar-refractivity contribution in [3.8, 4) is 11.1 Å². The normalized spacial score (nSPS) is 10.9. The van der Waals surface area contributed by atoms with Gasteiger partial charge in [-0.2, -0.15) is 0 Å². The van der Waals surface area contributed by atoms with Crippen molar-refractivity contribution in [2.24, 2.45) is 0 Å². The van der Waals surface area contributed by atoms with Gasteiger partial charge in [0.05, 0.1) is 18.3 Å². The molecule has 208 valence electrons. The highest BCUT2D eigenvalue weighted by atomic mass is 32.1. The second kappa shape index (κ2) is 12.3. The number of benzene rings is 2. The Labute approximate surface area is 243 Å². The molecule has 0 unspecified atom stereocenters. The molecule has 5 rings (SSSR count). The molecule has 3 heterocycles. The van der Waals surface area contributed by atoms with Gasteiger partial charge in [0.25, 0.3) is 5.56 Å². The monoisotopic (exact) mass is 587 g/mol. The molecule has 0 aliphatic heterocycles. The fraction of sp³-hybridized carbons (Fsp3) is 0.167. The van der Waals surface area contributed by atoms with E-state index in [1.165, 1.54) is 22.2 Å². The van der Waals surface area contributed by atoms with Crippen LogP contribution >= 0.6 is 22.7 Å². The zero-order valence-electron chi connectivity index (χ0n) is 22.2. The van der Waals surface area contributed by atoms with Crippen LogP contribution < -0.4 is 10.9 Å². The lowest BCUT2D eigenvalue weighted by molar-refractivity contribution is -0.116. The molecule has 0 atom stereocenters. The number of esters is 2. The van der Waals surface area contributed by atoms with Crippen LogP contribution in [0.3, 0.4) is 0 Å². The molecule has 5 aromatic rings. The summed E-state index contributed by atoms with van der Waals surface area (Å²) >= 11 is 2.27. The molecule has 0 aliphatic carbocycles. The van der Waals surface area contributed by atoms with Crippen molar-refractivity contribution < 1.29 is 23.9 Å². The summed E-state index contributed by atoms with van der Waals surface area (Å²) < 4.78 is 11.9. The third-order valence-corrected chi connectivity index (χ3v) is 8.31. The van der Waals surface area contributed by atoms with Crippen LogP contribution in [0.2, 0.25) is 0 Å². The number of carbonyl (C=O) groups excluding carboxylic acids is 3. The van der Waals surface area contributed by atoms with Crippen LogP contribution in [0.5, 0.6) is 0 Å². The van der Waals surface area contributed by atoms with Gasteiger partial charge in [-0.1, -0.05) is 60.7 Å². The maximum absolute atomic E-state index is 13.3. The largest absolute Gasteiger partial charge is 0.462 e. The SMILES string of the molecule is CCOC(=O)c1c(-c2ccccc2)csc1NC(=O)Cn1cnc2sc(C(=O)OCc3ccccc3)c(C)c2c1=O. The maximum Gasteiger partial charge on any atom is 0.349 e. The highest BCUT2D eigenvalue weighted by Gasteiger charge is 2.24. The number of aryl methyl sites for hydroxylation is 1. The quantitative estimate of drug-likeness (QED) is 0.221. The van der Waals surface area contributed by atoms with Gasteiger partial charge < -0.3 is 14.8 Å². The first kappa shape index (κ1) is 27.9. The second-order valence-corrected chi connectivity index (χ2v) is 10.8. The second-order valence-electron chi connectivity index (χ2n) is 8.96. The number of hydrogen-bond acceptors (Lipinski definition) is 9. The standard InChI is InChI=1S/C30H25N3O6S2/c1-3-38-29(36)24-21(20-12-8-5-9-13-20)16-40-27(24)32-22(34)14-33-17-31-26-23(28(33)35)18(2)25(41-26)30(37)39-15-19-10-6-4-7-11-19/h4-13,16-17H,3,14-15H2,1-2H3,(H,32,34). The minimum Gasteiger partial charge on any atom is -0.462 e. The van der Waals surface area contributed by atoms with Crippen LogP contribution in [0.25, 0.3) is 21.3 Å². The van der Waals surface area contributed by atoms with E-state index in [2.05, 4.69) is 10.3 Å². The van der Waals surface area contributed by atoms with Crippen molar-refractivity contribution in [2.45, 2.75) is 27.0 Å². The fourth-order valence-electron chi connectivity index (χ4n) is 4.26. The van der Waals surface area contributed by atoms with Crippen LogP contribution in [0.4, 0.5) is 5.00 Å². The van der Waals surface area contributed by atoms with E-state index in [0.29, 0.717) is 21.0 Å². The summed E-state index contributed by atoms with van der Waals surface area (Å²) in [5.74, 6) is -1.61. The van der Waals surface area contributed by atoms with E-state index < -0.39 is 23.4 Å². The van der Waals surface area contributed by atoms with Crippen molar-refractivity contribution in [2.75, 3.05) is 11.9 Å². The Hall–Kier alpha value is -4.61. The van der Waals surface area contributed by atoms with Crippen LogP contribution in [0.1, 0.15) is 38.1 Å². The molecule has 1 amide bonds. The Morgan fingerprint density at radius 2 is 1.68 bits per heavy atom. The average molecular weight is 588 g/mol. The number of thiophene rings is 2. The third-order valence-electron chi connectivity index (χ3n) is 6.24. The first-order chi connectivity index (χ1) is 19.9. The molecule has 2 aromatic carbocycles. The number of hydrogen-bond donors (Lipinski definition) is 1. The van der Waals surface area contributed by atoms with Gasteiger partial charge in [0, 0.05) is 10.9 Å². The molecule has 0 radical (unpaired) electrons. The molecule has 1 N–H and O–H groups in total. The van der Waals surface area contributed by atoms with Crippen LogP contribution in [-0.2, 0) is 27.4 Å². The summed E-state index contributed by atoms with van der Waals surface area (Å²) in [5, 5.41) is 5.12. The number of nitrogens with one attached hydrogen (secondary N) is 1. The van der Waals surface area contributed by atoms with Gasteiger partial charge >= 0.3 is 11.9 Å². The number of carbonyl (C=O) groups is 3.